The molecule has 1 aromatic rings. The van der Waals surface area contributed by atoms with Gasteiger partial charge in [0.05, 0.1) is 0 Å². The first kappa shape index (κ1) is 7.91. The van der Waals surface area contributed by atoms with Crippen LogP contribution in [0.25, 0.3) is 0 Å². The molecule has 0 saturated carbocycles. The molecule has 11 heavy (non-hydrogen) atoms. The van der Waals surface area contributed by atoms with Crippen LogP contribution in [0, 0.1) is 0 Å². The van der Waals surface area contributed by atoms with Crippen molar-refractivity contribution in [1.29, 1.82) is 0 Å². The van der Waals surface area contributed by atoms with Crippen molar-refractivity contribution in [2.45, 2.75) is 19.8 Å². The van der Waals surface area contributed by atoms with Crippen molar-refractivity contribution >= 4 is 0 Å². The van der Waals surface area contributed by atoms with E-state index in [0.29, 0.717) is 5.69 Å². The molecule has 0 aromatic carbocycles. The largest absolute Gasteiger partial charge is 0.479 e. The van der Waals surface area contributed by atoms with Gasteiger partial charge in [0.25, 0.3) is 0 Å². The number of aromatic hydroxyl groups is 1. The second kappa shape index (κ2) is 2.45. The first-order valence-electron chi connectivity index (χ1n) is 3.42. The van der Waals surface area contributed by atoms with E-state index in [1.807, 2.05) is 13.8 Å². The van der Waals surface area contributed by atoms with E-state index in [2.05, 4.69) is 4.42 Å². The molecule has 0 aliphatic rings. The average molecular weight is 157 g/mol. The fourth-order valence-electron chi connectivity index (χ4n) is 1.08. The second-order valence-corrected chi connectivity index (χ2v) is 2.77. The highest BCUT2D eigenvalue weighted by molar-refractivity contribution is 5.17. The van der Waals surface area contributed by atoms with E-state index < -0.39 is 5.76 Å². The normalized spacial score (nSPS) is 10.9. The molecule has 1 aromatic heterocycles. The van der Waals surface area contributed by atoms with Crippen molar-refractivity contribution in [3.63, 3.8) is 0 Å². The molecule has 0 bridgehead atoms. The van der Waals surface area contributed by atoms with Crippen LogP contribution in [0.3, 0.4) is 0 Å². The van der Waals surface area contributed by atoms with Gasteiger partial charge in [-0.05, 0) is 0 Å². The monoisotopic (exact) mass is 157 g/mol. The van der Waals surface area contributed by atoms with Gasteiger partial charge in [-0.15, -0.1) is 0 Å². The van der Waals surface area contributed by atoms with Gasteiger partial charge in [0, 0.05) is 13.0 Å². The number of nitrogens with zero attached hydrogens (tertiary/aromatic N) is 1. The summed E-state index contributed by atoms with van der Waals surface area (Å²) in [5.41, 5.74) is 0.537. The molecular weight excluding hydrogens is 146 g/mol. The Morgan fingerprint density at radius 3 is 2.27 bits per heavy atom. The molecule has 0 aliphatic heterocycles. The Hall–Kier alpha value is -1.19. The van der Waals surface area contributed by atoms with Gasteiger partial charge in [0.1, 0.15) is 5.69 Å². The van der Waals surface area contributed by atoms with Gasteiger partial charge in [-0.25, -0.2) is 4.79 Å². The number of rotatable bonds is 1. The highest BCUT2D eigenvalue weighted by Gasteiger charge is 2.15. The van der Waals surface area contributed by atoms with E-state index in [4.69, 9.17) is 5.11 Å². The highest BCUT2D eigenvalue weighted by atomic mass is 16.5. The van der Waals surface area contributed by atoms with Gasteiger partial charge in [-0.1, -0.05) is 13.8 Å². The highest BCUT2D eigenvalue weighted by Crippen LogP contribution is 2.22. The van der Waals surface area contributed by atoms with Gasteiger partial charge < -0.3 is 9.52 Å². The Kier molecular flexibility index (Phi) is 1.76. The molecule has 62 valence electrons. The van der Waals surface area contributed by atoms with E-state index in [1.165, 1.54) is 4.57 Å². The van der Waals surface area contributed by atoms with Crippen LogP contribution >= 0.6 is 0 Å². The summed E-state index contributed by atoms with van der Waals surface area (Å²) in [5, 5.41) is 9.10. The number of hydrogen-bond acceptors (Lipinski definition) is 3. The third kappa shape index (κ3) is 1.15. The first-order valence-corrected chi connectivity index (χ1v) is 3.42. The van der Waals surface area contributed by atoms with Crippen molar-refractivity contribution < 1.29 is 9.52 Å². The fraction of sp³-hybridized carbons (Fsp3) is 0.571. The molecule has 0 amide bonds. The van der Waals surface area contributed by atoms with Gasteiger partial charge in [-0.3, -0.25) is 4.57 Å². The molecule has 0 radical (unpaired) electrons. The maximum atomic E-state index is 10.8. The molecular formula is C7H11NO3. The molecule has 0 aliphatic carbocycles. The molecule has 0 fully saturated rings. The molecule has 0 saturated heterocycles. The average Bonchev–Trinajstić information content (AvgIpc) is 2.07. The van der Waals surface area contributed by atoms with Crippen molar-refractivity contribution in [1.82, 2.24) is 4.57 Å². The zero-order valence-electron chi connectivity index (χ0n) is 6.79. The van der Waals surface area contributed by atoms with Crippen LogP contribution in [-0.4, -0.2) is 9.67 Å². The van der Waals surface area contributed by atoms with Gasteiger partial charge in [0.2, 0.25) is 0 Å². The quantitative estimate of drug-likeness (QED) is 0.656. The topological polar surface area (TPSA) is 55.4 Å². The van der Waals surface area contributed by atoms with Crippen LogP contribution in [0.2, 0.25) is 0 Å². The summed E-state index contributed by atoms with van der Waals surface area (Å²) in [6.07, 6.45) is 0. The van der Waals surface area contributed by atoms with Crippen molar-refractivity contribution in [2.75, 3.05) is 0 Å². The third-order valence-corrected chi connectivity index (χ3v) is 1.59. The molecule has 1 heterocycles. The van der Waals surface area contributed by atoms with E-state index in [0.717, 1.165) is 0 Å². The van der Waals surface area contributed by atoms with E-state index >= 15 is 0 Å². The Balaban J connectivity index is 3.34. The molecule has 1 rings (SSSR count). The molecule has 4 heteroatoms. The molecule has 0 spiro atoms. The van der Waals surface area contributed by atoms with E-state index in [-0.39, 0.29) is 11.9 Å². The van der Waals surface area contributed by atoms with Gasteiger partial charge >= 0.3 is 11.7 Å². The Labute approximate surface area is 64.1 Å². The fourth-order valence-corrected chi connectivity index (χ4v) is 1.08. The zero-order valence-corrected chi connectivity index (χ0v) is 6.79. The summed E-state index contributed by atoms with van der Waals surface area (Å²) < 4.78 is 5.78. The number of hydrogen-bond donors (Lipinski definition) is 1. The number of aromatic nitrogens is 1. The maximum absolute atomic E-state index is 10.8. The summed E-state index contributed by atoms with van der Waals surface area (Å²) in [7, 11) is 1.57. The van der Waals surface area contributed by atoms with Gasteiger partial charge in [0.15, 0.2) is 0 Å². The Bertz CT molecular complexity index is 308. The molecule has 1 N–H and O–H groups in total. The summed E-state index contributed by atoms with van der Waals surface area (Å²) >= 11 is 0. The SMILES string of the molecule is CC(C)c1c(O)oc(=O)n1C. The van der Waals surface area contributed by atoms with Gasteiger partial charge in [-0.2, -0.15) is 0 Å². The maximum Gasteiger partial charge on any atom is 0.421 e. The standard InChI is InChI=1S/C7H11NO3/c1-4(2)5-6(9)11-7(10)8(5)3/h4,9H,1-3H3. The van der Waals surface area contributed by atoms with Crippen molar-refractivity contribution in [3.8, 4) is 5.95 Å². The Morgan fingerprint density at radius 1 is 1.55 bits per heavy atom. The molecule has 0 unspecified atom stereocenters. The summed E-state index contributed by atoms with van der Waals surface area (Å²) in [6, 6.07) is 0. The smallest absolute Gasteiger partial charge is 0.421 e. The van der Waals surface area contributed by atoms with Crippen LogP contribution in [0.4, 0.5) is 0 Å². The summed E-state index contributed by atoms with van der Waals surface area (Å²) in [5.74, 6) is -0.704. The molecule has 0 atom stereocenters. The predicted molar refractivity (Wildman–Crippen MR) is 39.7 cm³/mol. The van der Waals surface area contributed by atoms with Crippen LogP contribution in [-0.2, 0) is 7.05 Å². The van der Waals surface area contributed by atoms with Crippen LogP contribution in [0.5, 0.6) is 5.95 Å². The van der Waals surface area contributed by atoms with E-state index in [9.17, 15) is 4.79 Å². The lowest BCUT2D eigenvalue weighted by atomic mass is 10.1. The van der Waals surface area contributed by atoms with Crippen LogP contribution in [0.15, 0.2) is 9.21 Å². The number of oxazole rings is 1. The minimum Gasteiger partial charge on any atom is -0.479 e. The first-order chi connectivity index (χ1) is 5.04. The Morgan fingerprint density at radius 2 is 2.09 bits per heavy atom. The van der Waals surface area contributed by atoms with Crippen molar-refractivity contribution in [2.24, 2.45) is 7.05 Å². The second-order valence-electron chi connectivity index (χ2n) is 2.77. The van der Waals surface area contributed by atoms with Crippen LogP contribution in [0.1, 0.15) is 25.5 Å². The lowest BCUT2D eigenvalue weighted by Crippen LogP contribution is -2.12. The minimum absolute atomic E-state index is 0.0893. The lowest BCUT2D eigenvalue weighted by Gasteiger charge is -2.02. The van der Waals surface area contributed by atoms with E-state index in [1.54, 1.807) is 7.05 Å². The lowest BCUT2D eigenvalue weighted by molar-refractivity contribution is 0.313. The van der Waals surface area contributed by atoms with Crippen molar-refractivity contribution in [3.05, 3.63) is 16.2 Å². The van der Waals surface area contributed by atoms with Crippen LogP contribution < -0.4 is 5.76 Å². The third-order valence-electron chi connectivity index (χ3n) is 1.59. The summed E-state index contributed by atoms with van der Waals surface area (Å²) in [4.78, 5) is 10.8. The minimum atomic E-state index is -0.522. The predicted octanol–water partition coefficient (Wildman–Crippen LogP) is 0.807. The zero-order chi connectivity index (χ0) is 8.59. The molecule has 4 nitrogen and oxygen atoms in total. The summed E-state index contributed by atoms with van der Waals surface area (Å²) in [6.45, 7) is 3.76.